The van der Waals surface area contributed by atoms with Gasteiger partial charge in [-0.1, -0.05) is 24.3 Å². The molecule has 0 fully saturated rings. The molecule has 0 atom stereocenters. The minimum atomic E-state index is 0.396. The first-order valence-corrected chi connectivity index (χ1v) is 4.73. The Balaban J connectivity index is 2.42. The summed E-state index contributed by atoms with van der Waals surface area (Å²) < 4.78 is 4.91. The van der Waals surface area contributed by atoms with Gasteiger partial charge in [0.15, 0.2) is 0 Å². The van der Waals surface area contributed by atoms with E-state index in [1.807, 2.05) is 12.1 Å². The number of ether oxygens (including phenoxy) is 1. The lowest BCUT2D eigenvalue weighted by Crippen LogP contribution is -1.92. The van der Waals surface area contributed by atoms with Crippen LogP contribution in [0.5, 0.6) is 6.01 Å². The van der Waals surface area contributed by atoms with E-state index in [4.69, 9.17) is 4.74 Å². The Morgan fingerprint density at radius 2 is 1.73 bits per heavy atom. The Hall–Kier alpha value is -1.90. The van der Waals surface area contributed by atoms with Crippen LogP contribution < -0.4 is 4.74 Å². The number of hydrogen-bond donors (Lipinski definition) is 0. The van der Waals surface area contributed by atoms with Gasteiger partial charge in [0.1, 0.15) is 0 Å². The molecule has 1 heterocycles. The summed E-state index contributed by atoms with van der Waals surface area (Å²) in [5.74, 6) is 0. The molecular weight excluding hydrogens is 188 g/mol. The molecule has 2 aromatic rings. The summed E-state index contributed by atoms with van der Waals surface area (Å²) in [6.07, 6.45) is 3.54. The van der Waals surface area contributed by atoms with Crippen molar-refractivity contribution in [1.29, 1.82) is 0 Å². The predicted molar refractivity (Wildman–Crippen MR) is 58.8 cm³/mol. The number of aromatic nitrogens is 2. The highest BCUT2D eigenvalue weighted by Gasteiger charge is 2.02. The number of rotatable bonds is 2. The van der Waals surface area contributed by atoms with Crippen LogP contribution in [-0.4, -0.2) is 17.1 Å². The molecule has 0 radical (unpaired) electrons. The van der Waals surface area contributed by atoms with Crippen molar-refractivity contribution in [1.82, 2.24) is 9.97 Å². The van der Waals surface area contributed by atoms with Crippen molar-refractivity contribution in [3.63, 3.8) is 0 Å². The van der Waals surface area contributed by atoms with Crippen LogP contribution >= 0.6 is 0 Å². The van der Waals surface area contributed by atoms with Crippen LogP contribution in [0.15, 0.2) is 36.7 Å². The molecule has 1 aromatic carbocycles. The second-order valence-corrected chi connectivity index (χ2v) is 3.27. The minimum absolute atomic E-state index is 0.396. The highest BCUT2D eigenvalue weighted by atomic mass is 16.5. The summed E-state index contributed by atoms with van der Waals surface area (Å²) in [5, 5.41) is 0. The summed E-state index contributed by atoms with van der Waals surface area (Å²) in [5.41, 5.74) is 3.38. The maximum Gasteiger partial charge on any atom is 0.316 e. The van der Waals surface area contributed by atoms with Crippen LogP contribution in [0.3, 0.4) is 0 Å². The topological polar surface area (TPSA) is 35.0 Å². The second kappa shape index (κ2) is 4.09. The molecule has 76 valence electrons. The van der Waals surface area contributed by atoms with Gasteiger partial charge in [0.2, 0.25) is 0 Å². The largest absolute Gasteiger partial charge is 0.467 e. The van der Waals surface area contributed by atoms with Crippen LogP contribution in [0.1, 0.15) is 5.56 Å². The van der Waals surface area contributed by atoms with Crippen molar-refractivity contribution in [3.8, 4) is 17.1 Å². The number of benzene rings is 1. The van der Waals surface area contributed by atoms with Crippen molar-refractivity contribution in [2.24, 2.45) is 0 Å². The zero-order chi connectivity index (χ0) is 10.7. The van der Waals surface area contributed by atoms with E-state index in [1.54, 1.807) is 19.5 Å². The Morgan fingerprint density at radius 3 is 2.33 bits per heavy atom. The number of methoxy groups -OCH3 is 1. The van der Waals surface area contributed by atoms with Crippen molar-refractivity contribution in [2.75, 3.05) is 7.11 Å². The number of aryl methyl sites for hydroxylation is 1. The zero-order valence-electron chi connectivity index (χ0n) is 8.77. The van der Waals surface area contributed by atoms with Crippen molar-refractivity contribution in [2.45, 2.75) is 6.92 Å². The molecule has 1 aromatic heterocycles. The molecule has 2 rings (SSSR count). The maximum atomic E-state index is 4.91. The Morgan fingerprint density at radius 1 is 1.07 bits per heavy atom. The smallest absolute Gasteiger partial charge is 0.316 e. The third-order valence-electron chi connectivity index (χ3n) is 2.27. The van der Waals surface area contributed by atoms with Gasteiger partial charge < -0.3 is 4.74 Å². The molecular formula is C12H12N2O. The normalized spacial score (nSPS) is 10.0. The van der Waals surface area contributed by atoms with E-state index >= 15 is 0 Å². The van der Waals surface area contributed by atoms with Gasteiger partial charge >= 0.3 is 6.01 Å². The molecule has 0 aliphatic heterocycles. The molecule has 0 bridgehead atoms. The SMILES string of the molecule is COc1ncc(-c2ccccc2C)cn1. The lowest BCUT2D eigenvalue weighted by molar-refractivity contribution is 0.380. The Labute approximate surface area is 88.8 Å². The van der Waals surface area contributed by atoms with Crippen LogP contribution in [0.25, 0.3) is 11.1 Å². The Bertz CT molecular complexity index is 451. The molecule has 0 unspecified atom stereocenters. The monoisotopic (exact) mass is 200 g/mol. The summed E-state index contributed by atoms with van der Waals surface area (Å²) in [4.78, 5) is 8.16. The zero-order valence-corrected chi connectivity index (χ0v) is 8.77. The average Bonchev–Trinajstić information content (AvgIpc) is 2.30. The lowest BCUT2D eigenvalue weighted by atomic mass is 10.0. The fourth-order valence-corrected chi connectivity index (χ4v) is 1.46. The molecule has 0 N–H and O–H groups in total. The molecule has 3 heteroatoms. The second-order valence-electron chi connectivity index (χ2n) is 3.27. The van der Waals surface area contributed by atoms with E-state index in [9.17, 15) is 0 Å². The molecule has 15 heavy (non-hydrogen) atoms. The minimum Gasteiger partial charge on any atom is -0.467 e. The van der Waals surface area contributed by atoms with E-state index in [1.165, 1.54) is 5.56 Å². The van der Waals surface area contributed by atoms with Gasteiger partial charge in [0.05, 0.1) is 7.11 Å². The van der Waals surface area contributed by atoms with Crippen molar-refractivity contribution < 1.29 is 4.74 Å². The third-order valence-corrected chi connectivity index (χ3v) is 2.27. The molecule has 3 nitrogen and oxygen atoms in total. The summed E-state index contributed by atoms with van der Waals surface area (Å²) in [6.45, 7) is 2.07. The Kier molecular flexibility index (Phi) is 2.63. The quantitative estimate of drug-likeness (QED) is 0.747. The first-order valence-electron chi connectivity index (χ1n) is 4.73. The van der Waals surface area contributed by atoms with Gasteiger partial charge in [-0.3, -0.25) is 0 Å². The van der Waals surface area contributed by atoms with E-state index in [0.717, 1.165) is 11.1 Å². The van der Waals surface area contributed by atoms with Gasteiger partial charge in [-0.15, -0.1) is 0 Å². The fraction of sp³-hybridized carbons (Fsp3) is 0.167. The maximum absolute atomic E-state index is 4.91. The van der Waals surface area contributed by atoms with Gasteiger partial charge in [-0.05, 0) is 18.1 Å². The lowest BCUT2D eigenvalue weighted by Gasteiger charge is -2.04. The summed E-state index contributed by atoms with van der Waals surface area (Å²) >= 11 is 0. The third kappa shape index (κ3) is 1.96. The van der Waals surface area contributed by atoms with E-state index in [0.29, 0.717) is 6.01 Å². The summed E-state index contributed by atoms with van der Waals surface area (Å²) in [6, 6.07) is 8.54. The van der Waals surface area contributed by atoms with Gasteiger partial charge in [0.25, 0.3) is 0 Å². The molecule has 0 saturated heterocycles. The highest BCUT2D eigenvalue weighted by Crippen LogP contribution is 2.21. The number of nitrogens with zero attached hydrogens (tertiary/aromatic N) is 2. The van der Waals surface area contributed by atoms with Crippen LogP contribution in [-0.2, 0) is 0 Å². The standard InChI is InChI=1S/C12H12N2O/c1-9-5-3-4-6-11(9)10-7-13-12(15-2)14-8-10/h3-8H,1-2H3. The van der Waals surface area contributed by atoms with Crippen LogP contribution in [0, 0.1) is 6.92 Å². The molecule has 0 aliphatic carbocycles. The number of hydrogen-bond acceptors (Lipinski definition) is 3. The van der Waals surface area contributed by atoms with E-state index < -0.39 is 0 Å². The molecule has 0 spiro atoms. The predicted octanol–water partition coefficient (Wildman–Crippen LogP) is 2.46. The van der Waals surface area contributed by atoms with Crippen molar-refractivity contribution in [3.05, 3.63) is 42.2 Å². The van der Waals surface area contributed by atoms with Crippen molar-refractivity contribution >= 4 is 0 Å². The van der Waals surface area contributed by atoms with Gasteiger partial charge in [-0.25, -0.2) is 9.97 Å². The first-order chi connectivity index (χ1) is 7.31. The van der Waals surface area contributed by atoms with E-state index in [2.05, 4.69) is 29.0 Å². The summed E-state index contributed by atoms with van der Waals surface area (Å²) in [7, 11) is 1.56. The van der Waals surface area contributed by atoms with Crippen LogP contribution in [0.4, 0.5) is 0 Å². The molecule has 0 aliphatic rings. The first kappa shape index (κ1) is 9.65. The highest BCUT2D eigenvalue weighted by molar-refractivity contribution is 5.65. The fourth-order valence-electron chi connectivity index (χ4n) is 1.46. The van der Waals surface area contributed by atoms with Gasteiger partial charge in [0, 0.05) is 18.0 Å². The molecule has 0 saturated carbocycles. The average molecular weight is 200 g/mol. The van der Waals surface area contributed by atoms with Crippen LogP contribution in [0.2, 0.25) is 0 Å². The molecule has 0 amide bonds. The van der Waals surface area contributed by atoms with E-state index in [-0.39, 0.29) is 0 Å². The van der Waals surface area contributed by atoms with Gasteiger partial charge in [-0.2, -0.15) is 0 Å².